The zero-order valence-electron chi connectivity index (χ0n) is 8.17. The molecule has 7 heteroatoms. The normalized spacial score (nSPS) is 10.2. The molecule has 78 valence electrons. The van der Waals surface area contributed by atoms with E-state index in [1.165, 1.54) is 10.8 Å². The average molecular weight is 199 g/mol. The molecule has 0 aliphatic heterocycles. The van der Waals surface area contributed by atoms with Crippen molar-refractivity contribution >= 4 is 11.8 Å². The van der Waals surface area contributed by atoms with E-state index in [4.69, 9.17) is 5.73 Å². The van der Waals surface area contributed by atoms with Crippen LogP contribution in [0.15, 0.2) is 6.20 Å². The van der Waals surface area contributed by atoms with Gasteiger partial charge in [-0.1, -0.05) is 0 Å². The predicted molar refractivity (Wildman–Crippen MR) is 52.2 cm³/mol. The molecular formula is C7H13N5O2. The van der Waals surface area contributed by atoms with Crippen molar-refractivity contribution < 1.29 is 4.92 Å². The third-order valence-corrected chi connectivity index (χ3v) is 1.93. The third kappa shape index (κ3) is 1.82. The lowest BCUT2D eigenvalue weighted by Gasteiger charge is -2.13. The smallest absolute Gasteiger partial charge is 0.344 e. The van der Waals surface area contributed by atoms with E-state index in [9.17, 15) is 10.1 Å². The van der Waals surface area contributed by atoms with E-state index >= 15 is 0 Å². The van der Waals surface area contributed by atoms with Crippen LogP contribution in [0.5, 0.6) is 0 Å². The van der Waals surface area contributed by atoms with E-state index in [2.05, 4.69) is 4.98 Å². The molecule has 2 N–H and O–H groups in total. The number of aromatic nitrogens is 2. The van der Waals surface area contributed by atoms with Gasteiger partial charge in [0.25, 0.3) is 5.95 Å². The second kappa shape index (κ2) is 4.05. The van der Waals surface area contributed by atoms with Crippen LogP contribution in [0.1, 0.15) is 0 Å². The van der Waals surface area contributed by atoms with E-state index in [1.807, 2.05) is 0 Å². The first-order valence-electron chi connectivity index (χ1n) is 4.15. The van der Waals surface area contributed by atoms with Crippen LogP contribution in [0.3, 0.4) is 0 Å². The summed E-state index contributed by atoms with van der Waals surface area (Å²) in [6.45, 7) is 1.10. The van der Waals surface area contributed by atoms with Crippen LogP contribution in [-0.4, -0.2) is 34.6 Å². The molecule has 1 heterocycles. The summed E-state index contributed by atoms with van der Waals surface area (Å²) in [5.41, 5.74) is 5.37. The molecular weight excluding hydrogens is 186 g/mol. The van der Waals surface area contributed by atoms with Gasteiger partial charge in [-0.25, -0.2) is 0 Å². The molecule has 1 aromatic heterocycles. The Labute approximate surface area is 81.3 Å². The van der Waals surface area contributed by atoms with E-state index in [-0.39, 0.29) is 5.82 Å². The van der Waals surface area contributed by atoms with Crippen molar-refractivity contribution in [2.45, 2.75) is 0 Å². The summed E-state index contributed by atoms with van der Waals surface area (Å²) in [7, 11) is 3.40. The molecule has 0 aromatic carbocycles. The third-order valence-electron chi connectivity index (χ3n) is 1.93. The molecule has 0 spiro atoms. The number of nitrogens with zero attached hydrogens (tertiary/aromatic N) is 4. The van der Waals surface area contributed by atoms with Crippen LogP contribution >= 0.6 is 0 Å². The first kappa shape index (κ1) is 10.5. The van der Waals surface area contributed by atoms with Crippen molar-refractivity contribution in [1.82, 2.24) is 9.55 Å². The van der Waals surface area contributed by atoms with Crippen LogP contribution in [-0.2, 0) is 7.05 Å². The fourth-order valence-electron chi connectivity index (χ4n) is 1.21. The molecule has 0 fully saturated rings. The minimum Gasteiger partial charge on any atom is -0.358 e. The Kier molecular flexibility index (Phi) is 3.03. The number of hydrogen-bond donors (Lipinski definition) is 1. The molecule has 0 radical (unpaired) electrons. The number of hydrogen-bond acceptors (Lipinski definition) is 5. The highest BCUT2D eigenvalue weighted by Gasteiger charge is 2.18. The minimum atomic E-state index is -0.465. The molecule has 0 bridgehead atoms. The highest BCUT2D eigenvalue weighted by Crippen LogP contribution is 2.17. The van der Waals surface area contributed by atoms with Gasteiger partial charge in [-0.3, -0.25) is 0 Å². The maximum atomic E-state index is 10.5. The highest BCUT2D eigenvalue weighted by atomic mass is 16.6. The van der Waals surface area contributed by atoms with E-state index in [1.54, 1.807) is 19.0 Å². The van der Waals surface area contributed by atoms with Gasteiger partial charge in [-0.2, -0.15) is 9.55 Å². The summed E-state index contributed by atoms with van der Waals surface area (Å²) in [6.07, 6.45) is 1.24. The fraction of sp³-hybridized carbons (Fsp3) is 0.571. The molecule has 0 atom stereocenters. The summed E-state index contributed by atoms with van der Waals surface area (Å²) < 4.78 is 1.43. The first-order chi connectivity index (χ1) is 6.57. The molecule has 0 aliphatic carbocycles. The molecule has 7 nitrogen and oxygen atoms in total. The van der Waals surface area contributed by atoms with Crippen LogP contribution in [0.25, 0.3) is 0 Å². The number of likely N-dealkylation sites (N-methyl/N-ethyl adjacent to an activating group) is 1. The van der Waals surface area contributed by atoms with Crippen LogP contribution < -0.4 is 10.6 Å². The largest absolute Gasteiger partial charge is 0.358 e. The zero-order valence-corrected chi connectivity index (χ0v) is 8.17. The summed E-state index contributed by atoms with van der Waals surface area (Å²) in [6, 6.07) is 0. The Morgan fingerprint density at radius 1 is 1.79 bits per heavy atom. The Morgan fingerprint density at radius 2 is 2.43 bits per heavy atom. The molecule has 14 heavy (non-hydrogen) atoms. The summed E-state index contributed by atoms with van der Waals surface area (Å²) >= 11 is 0. The van der Waals surface area contributed by atoms with E-state index in [0.717, 1.165) is 0 Å². The average Bonchev–Trinajstić information content (AvgIpc) is 2.47. The summed E-state index contributed by atoms with van der Waals surface area (Å²) in [5, 5.41) is 10.5. The van der Waals surface area contributed by atoms with Gasteiger partial charge in [0, 0.05) is 20.1 Å². The van der Waals surface area contributed by atoms with Crippen molar-refractivity contribution in [2.24, 2.45) is 12.8 Å². The number of nitro groups is 1. The Morgan fingerprint density at radius 3 is 2.86 bits per heavy atom. The molecule has 0 saturated carbocycles. The van der Waals surface area contributed by atoms with E-state index < -0.39 is 4.92 Å². The topological polar surface area (TPSA) is 90.2 Å². The van der Waals surface area contributed by atoms with Gasteiger partial charge in [0.2, 0.25) is 0 Å². The Balaban J connectivity index is 2.94. The Bertz CT molecular complexity index is 335. The first-order valence-corrected chi connectivity index (χ1v) is 4.15. The maximum absolute atomic E-state index is 10.5. The SMILES string of the molecule is CN(CCN)c1ncc([N+](=O)[O-])n1C. The van der Waals surface area contributed by atoms with Crippen LogP contribution in [0.4, 0.5) is 11.8 Å². The van der Waals surface area contributed by atoms with Crippen LogP contribution in [0, 0.1) is 10.1 Å². The van der Waals surface area contributed by atoms with Gasteiger partial charge in [0.15, 0.2) is 0 Å². The fourth-order valence-corrected chi connectivity index (χ4v) is 1.21. The standard InChI is InChI=1S/C7H13N5O2/c1-10(4-3-8)7-9-5-6(11(7)2)12(13)14/h5H,3-4,8H2,1-2H3. The number of anilines is 1. The van der Waals surface area contributed by atoms with Crippen molar-refractivity contribution in [3.8, 4) is 0 Å². The van der Waals surface area contributed by atoms with Crippen LogP contribution in [0.2, 0.25) is 0 Å². The van der Waals surface area contributed by atoms with Crippen molar-refractivity contribution in [2.75, 3.05) is 25.0 Å². The summed E-state index contributed by atoms with van der Waals surface area (Å²) in [5.74, 6) is 0.519. The van der Waals surface area contributed by atoms with Gasteiger partial charge in [0.1, 0.15) is 6.20 Å². The van der Waals surface area contributed by atoms with Crippen molar-refractivity contribution in [3.63, 3.8) is 0 Å². The number of imidazole rings is 1. The zero-order chi connectivity index (χ0) is 10.7. The molecule has 0 aliphatic rings. The molecule has 1 rings (SSSR count). The van der Waals surface area contributed by atoms with Crippen molar-refractivity contribution in [1.29, 1.82) is 0 Å². The minimum absolute atomic E-state index is 0.0242. The molecule has 0 unspecified atom stereocenters. The second-order valence-corrected chi connectivity index (χ2v) is 2.94. The quantitative estimate of drug-likeness (QED) is 0.532. The van der Waals surface area contributed by atoms with Gasteiger partial charge in [-0.05, 0) is 4.92 Å². The van der Waals surface area contributed by atoms with Crippen molar-refractivity contribution in [3.05, 3.63) is 16.3 Å². The van der Waals surface area contributed by atoms with Gasteiger partial charge >= 0.3 is 5.82 Å². The van der Waals surface area contributed by atoms with Gasteiger partial charge < -0.3 is 20.7 Å². The summed E-state index contributed by atoms with van der Waals surface area (Å²) in [4.78, 5) is 15.8. The molecule has 0 saturated heterocycles. The molecule has 1 aromatic rings. The highest BCUT2D eigenvalue weighted by molar-refractivity contribution is 5.37. The second-order valence-electron chi connectivity index (χ2n) is 2.94. The monoisotopic (exact) mass is 199 g/mol. The number of nitrogens with two attached hydrogens (primary N) is 1. The lowest BCUT2D eigenvalue weighted by Crippen LogP contribution is -2.27. The van der Waals surface area contributed by atoms with Gasteiger partial charge in [0.05, 0.1) is 7.05 Å². The Hall–Kier alpha value is -1.63. The maximum Gasteiger partial charge on any atom is 0.344 e. The lowest BCUT2D eigenvalue weighted by atomic mass is 10.6. The molecule has 0 amide bonds. The van der Waals surface area contributed by atoms with E-state index in [0.29, 0.717) is 19.0 Å². The number of rotatable bonds is 4. The predicted octanol–water partition coefficient (Wildman–Crippen LogP) is -0.277. The lowest BCUT2D eigenvalue weighted by molar-refractivity contribution is -0.391. The van der Waals surface area contributed by atoms with Gasteiger partial charge in [-0.15, -0.1) is 0 Å².